The molecule has 20 heteroatoms. The minimum Gasteiger partial charge on any atom is -0.497 e. The first-order valence-electron chi connectivity index (χ1n) is 20.5. The molecule has 3 aliphatic carbocycles. The number of alkyl halides is 4. The molecule has 3 N–H and O–H groups in total. The second kappa shape index (κ2) is 16.1. The Labute approximate surface area is 345 Å². The van der Waals surface area contributed by atoms with Gasteiger partial charge in [-0.05, 0) is 68.4 Å². The summed E-state index contributed by atoms with van der Waals surface area (Å²) in [4.78, 5) is 66.4. The second-order valence-corrected chi connectivity index (χ2v) is 19.9. The minimum absolute atomic E-state index is 0.0631. The SMILES string of the molecule is CCCC1C2CN(C(=O)C(C(C)(C)C)NC(=O)OC3CC3CCCCC(F)(F)c3nc4ccc(OC)cc4nc3O2)C1C(=O)NC1(C(=O)NS(=O)(=O)C2CC2)CC1C(F)F. The molecular weight excluding hydrogens is 817 g/mol. The van der Waals surface area contributed by atoms with Gasteiger partial charge in [0.25, 0.3) is 11.8 Å². The van der Waals surface area contributed by atoms with Crippen LogP contribution in [-0.2, 0) is 35.1 Å². The van der Waals surface area contributed by atoms with Gasteiger partial charge in [-0.25, -0.2) is 32.0 Å². The van der Waals surface area contributed by atoms with Crippen molar-refractivity contribution in [3.8, 4) is 11.6 Å². The summed E-state index contributed by atoms with van der Waals surface area (Å²) in [5.41, 5.74) is -3.80. The summed E-state index contributed by atoms with van der Waals surface area (Å²) < 4.78 is 106. The Morgan fingerprint density at radius 1 is 1.07 bits per heavy atom. The molecule has 8 unspecified atom stereocenters. The molecule has 0 spiro atoms. The van der Waals surface area contributed by atoms with E-state index in [4.69, 9.17) is 14.2 Å². The molecule has 4 amide bonds. The van der Waals surface area contributed by atoms with Crippen LogP contribution < -0.4 is 24.8 Å². The van der Waals surface area contributed by atoms with Crippen molar-refractivity contribution in [3.05, 3.63) is 23.9 Å². The van der Waals surface area contributed by atoms with Gasteiger partial charge in [-0.1, -0.05) is 40.5 Å². The lowest BCUT2D eigenvalue weighted by Gasteiger charge is -2.36. The third-order valence-corrected chi connectivity index (χ3v) is 14.1. The number of benzene rings is 1. The monoisotopic (exact) mass is 868 g/mol. The van der Waals surface area contributed by atoms with Crippen LogP contribution in [0.1, 0.15) is 97.6 Å². The maximum absolute atomic E-state index is 16.4. The molecular formula is C40H52F4N6O9S. The summed E-state index contributed by atoms with van der Waals surface area (Å²) in [5.74, 6) is -9.77. The predicted octanol–water partition coefficient (Wildman–Crippen LogP) is 4.96. The quantitative estimate of drug-likeness (QED) is 0.289. The fourth-order valence-electron chi connectivity index (χ4n) is 8.52. The summed E-state index contributed by atoms with van der Waals surface area (Å²) in [7, 11) is -2.80. The van der Waals surface area contributed by atoms with Crippen LogP contribution in [0.4, 0.5) is 22.4 Å². The van der Waals surface area contributed by atoms with E-state index in [1.54, 1.807) is 33.8 Å². The Hall–Kier alpha value is -4.49. The number of aromatic nitrogens is 2. The Morgan fingerprint density at radius 3 is 2.43 bits per heavy atom. The first kappa shape index (κ1) is 43.6. The third kappa shape index (κ3) is 8.80. The fourth-order valence-corrected chi connectivity index (χ4v) is 9.89. The maximum Gasteiger partial charge on any atom is 0.408 e. The van der Waals surface area contributed by atoms with Crippen molar-refractivity contribution in [3.63, 3.8) is 0 Å². The lowest BCUT2D eigenvalue weighted by Crippen LogP contribution is -2.61. The number of nitrogens with one attached hydrogen (secondary N) is 3. The van der Waals surface area contributed by atoms with Crippen LogP contribution in [0.25, 0.3) is 11.0 Å². The Kier molecular flexibility index (Phi) is 11.7. The summed E-state index contributed by atoms with van der Waals surface area (Å²) in [6.07, 6.45) is -4.36. The Balaban J connectivity index is 1.32. The number of ether oxygens (including phenoxy) is 3. The van der Waals surface area contributed by atoms with E-state index in [-0.39, 0.29) is 42.6 Å². The van der Waals surface area contributed by atoms with Gasteiger partial charge < -0.3 is 29.7 Å². The molecule has 7 rings (SSSR count). The molecule has 1 aromatic heterocycles. The molecule has 330 valence electrons. The van der Waals surface area contributed by atoms with Crippen LogP contribution in [0.15, 0.2) is 18.2 Å². The first-order valence-corrected chi connectivity index (χ1v) is 22.1. The number of fused-ring (bicyclic) bond motifs is 5. The molecule has 2 bridgehead atoms. The van der Waals surface area contributed by atoms with Gasteiger partial charge in [0.2, 0.25) is 34.1 Å². The first-order chi connectivity index (χ1) is 28.2. The fraction of sp³-hybridized carbons (Fsp3) is 0.700. The summed E-state index contributed by atoms with van der Waals surface area (Å²) >= 11 is 0. The van der Waals surface area contributed by atoms with Crippen LogP contribution in [0.2, 0.25) is 0 Å². The number of carbonyl (C=O) groups excluding carboxylic acids is 4. The zero-order valence-electron chi connectivity index (χ0n) is 34.1. The van der Waals surface area contributed by atoms with E-state index in [1.807, 2.05) is 4.72 Å². The van der Waals surface area contributed by atoms with E-state index < -0.39 is 129 Å². The molecule has 3 heterocycles. The van der Waals surface area contributed by atoms with Crippen molar-refractivity contribution < 1.29 is 59.4 Å². The average molecular weight is 869 g/mol. The van der Waals surface area contributed by atoms with Crippen LogP contribution in [0.5, 0.6) is 11.6 Å². The third-order valence-electron chi connectivity index (χ3n) is 12.3. The van der Waals surface area contributed by atoms with Gasteiger partial charge in [-0.3, -0.25) is 19.1 Å². The zero-order chi connectivity index (χ0) is 43.5. The number of nitrogens with zero attached hydrogens (tertiary/aromatic N) is 3. The number of carbonyl (C=O) groups is 4. The number of methoxy groups -OCH3 is 1. The Bertz CT molecular complexity index is 2140. The molecule has 0 radical (unpaired) electrons. The van der Waals surface area contributed by atoms with E-state index >= 15 is 8.78 Å². The predicted molar refractivity (Wildman–Crippen MR) is 207 cm³/mol. The number of hydrogen-bond acceptors (Lipinski definition) is 11. The molecule has 1 aromatic carbocycles. The van der Waals surface area contributed by atoms with Crippen LogP contribution in [0.3, 0.4) is 0 Å². The number of halogens is 4. The van der Waals surface area contributed by atoms with Crippen molar-refractivity contribution in [2.45, 2.75) is 139 Å². The largest absolute Gasteiger partial charge is 0.497 e. The highest BCUT2D eigenvalue weighted by atomic mass is 32.2. The molecule has 3 saturated carbocycles. The minimum atomic E-state index is -4.22. The van der Waals surface area contributed by atoms with Gasteiger partial charge >= 0.3 is 6.09 Å². The van der Waals surface area contributed by atoms with E-state index in [2.05, 4.69) is 20.6 Å². The van der Waals surface area contributed by atoms with Crippen LogP contribution in [0, 0.1) is 23.2 Å². The smallest absolute Gasteiger partial charge is 0.408 e. The molecule has 60 heavy (non-hydrogen) atoms. The number of rotatable bonds is 9. The maximum atomic E-state index is 16.4. The number of sulfonamides is 1. The average Bonchev–Trinajstić information content (AvgIpc) is 4.08. The summed E-state index contributed by atoms with van der Waals surface area (Å²) in [5, 5.41) is 4.21. The van der Waals surface area contributed by atoms with E-state index in [0.29, 0.717) is 31.4 Å². The van der Waals surface area contributed by atoms with Crippen LogP contribution >= 0.6 is 0 Å². The van der Waals surface area contributed by atoms with E-state index in [1.165, 1.54) is 19.2 Å². The second-order valence-electron chi connectivity index (χ2n) is 17.9. The molecule has 2 aliphatic heterocycles. The van der Waals surface area contributed by atoms with Gasteiger partial charge in [-0.15, -0.1) is 0 Å². The van der Waals surface area contributed by atoms with Gasteiger partial charge in [0.15, 0.2) is 5.69 Å². The lowest BCUT2D eigenvalue weighted by molar-refractivity contribution is -0.144. The highest BCUT2D eigenvalue weighted by Crippen LogP contribution is 2.49. The molecule has 8 atom stereocenters. The van der Waals surface area contributed by atoms with Gasteiger partial charge in [-0.2, -0.15) is 8.78 Å². The lowest BCUT2D eigenvalue weighted by atomic mass is 9.85. The summed E-state index contributed by atoms with van der Waals surface area (Å²) in [6, 6.07) is 1.62. The highest BCUT2D eigenvalue weighted by Gasteiger charge is 2.67. The normalized spacial score (nSPS) is 30.8. The molecule has 1 saturated heterocycles. The van der Waals surface area contributed by atoms with Crippen molar-refractivity contribution >= 4 is 44.9 Å². The van der Waals surface area contributed by atoms with Crippen molar-refractivity contribution in [2.75, 3.05) is 13.7 Å². The summed E-state index contributed by atoms with van der Waals surface area (Å²) in [6.45, 7) is 6.37. The van der Waals surface area contributed by atoms with Crippen molar-refractivity contribution in [1.29, 1.82) is 0 Å². The molecule has 15 nitrogen and oxygen atoms in total. The standard InChI is InChI=1S/C40H52F4N6O9S/c1-6-9-23-28-19-50(29(23)33(51)48-39(18-24(39)32(41)42)36(53)49-60(55,56)22-12-13-22)35(52)31(38(2,3)4)47-37(54)59-27-16-20(27)10-7-8-15-40(43,44)30-34(58-28)46-26-17-21(57-5)11-14-25(26)45-30/h11,14,17,20,22-24,27-29,31-32H,6-10,12-13,15-16,18-19H2,1-5H3,(H,47,54)(H,48,51)(H,49,53). The van der Waals surface area contributed by atoms with E-state index in [0.717, 1.165) is 4.90 Å². The van der Waals surface area contributed by atoms with Gasteiger partial charge in [0, 0.05) is 18.4 Å². The van der Waals surface area contributed by atoms with Crippen molar-refractivity contribution in [1.82, 2.24) is 30.2 Å². The van der Waals surface area contributed by atoms with E-state index in [9.17, 15) is 36.4 Å². The molecule has 2 aromatic rings. The highest BCUT2D eigenvalue weighted by molar-refractivity contribution is 7.91. The van der Waals surface area contributed by atoms with Gasteiger partial charge in [0.05, 0.1) is 35.9 Å². The van der Waals surface area contributed by atoms with Crippen molar-refractivity contribution in [2.24, 2.45) is 23.2 Å². The van der Waals surface area contributed by atoms with Gasteiger partial charge in [0.1, 0.15) is 35.6 Å². The number of hydrogen-bond donors (Lipinski definition) is 3. The molecule has 4 fully saturated rings. The Morgan fingerprint density at radius 2 is 1.80 bits per heavy atom. The topological polar surface area (TPSA) is 195 Å². The zero-order valence-corrected chi connectivity index (χ0v) is 35.0. The molecule has 5 aliphatic rings. The van der Waals surface area contributed by atoms with Crippen LogP contribution in [-0.4, -0.2) is 102 Å². The number of amides is 4. The number of alkyl carbamates (subject to hydrolysis) is 1.